The van der Waals surface area contributed by atoms with Gasteiger partial charge < -0.3 is 10.1 Å². The third kappa shape index (κ3) is 3.45. The highest BCUT2D eigenvalue weighted by Gasteiger charge is 2.12. The molecule has 0 aliphatic carbocycles. The number of nitrogens with one attached hydrogen (secondary N) is 1. The minimum absolute atomic E-state index is 0.0530. The summed E-state index contributed by atoms with van der Waals surface area (Å²) in [5.74, 6) is 0.0514. The van der Waals surface area contributed by atoms with Crippen molar-refractivity contribution in [3.8, 4) is 5.75 Å². The molecule has 2 aromatic heterocycles. The number of amides is 1. The molecule has 0 saturated carbocycles. The number of hydrogen-bond donors (Lipinski definition) is 1. The third-order valence-electron chi connectivity index (χ3n) is 3.29. The van der Waals surface area contributed by atoms with Gasteiger partial charge in [-0.2, -0.15) is 0 Å². The minimum atomic E-state index is -0.592. The first-order valence-electron chi connectivity index (χ1n) is 7.35. The van der Waals surface area contributed by atoms with E-state index in [9.17, 15) is 9.18 Å². The average molecular weight is 326 g/mol. The van der Waals surface area contributed by atoms with Crippen LogP contribution in [0.4, 0.5) is 10.1 Å². The molecule has 0 saturated heterocycles. The largest absolute Gasteiger partial charge is 0.491 e. The van der Waals surface area contributed by atoms with Crippen LogP contribution in [-0.4, -0.2) is 34.1 Å². The van der Waals surface area contributed by atoms with Crippen molar-refractivity contribution in [1.82, 2.24) is 15.0 Å². The molecule has 3 rings (SSSR count). The summed E-state index contributed by atoms with van der Waals surface area (Å²) in [7, 11) is 0. The lowest BCUT2D eigenvalue weighted by molar-refractivity contribution is 0.102. The number of alkyl halides is 1. The molecular formula is C17H15FN4O2. The average Bonchev–Trinajstić information content (AvgIpc) is 2.60. The minimum Gasteiger partial charge on any atom is -0.491 e. The Bertz CT molecular complexity index is 868. The summed E-state index contributed by atoms with van der Waals surface area (Å²) < 4.78 is 17.7. The number of aromatic nitrogens is 3. The van der Waals surface area contributed by atoms with Gasteiger partial charge in [0.05, 0.1) is 23.1 Å². The fourth-order valence-corrected chi connectivity index (χ4v) is 2.20. The molecule has 24 heavy (non-hydrogen) atoms. The smallest absolute Gasteiger partial charge is 0.275 e. The number of benzene rings is 1. The summed E-state index contributed by atoms with van der Waals surface area (Å²) >= 11 is 0. The number of aryl methyl sites for hydroxylation is 1. The van der Waals surface area contributed by atoms with Crippen LogP contribution in [0.15, 0.2) is 42.9 Å². The maximum absolute atomic E-state index is 12.4. The van der Waals surface area contributed by atoms with Crippen molar-refractivity contribution in [2.75, 3.05) is 18.6 Å². The Morgan fingerprint density at radius 3 is 2.88 bits per heavy atom. The number of carbonyl (C=O) groups is 1. The fraction of sp³-hybridized carbons (Fsp3) is 0.176. The fourth-order valence-electron chi connectivity index (χ4n) is 2.20. The highest BCUT2D eigenvalue weighted by atomic mass is 19.1. The lowest BCUT2D eigenvalue weighted by atomic mass is 10.1. The first kappa shape index (κ1) is 15.8. The lowest BCUT2D eigenvalue weighted by Crippen LogP contribution is -2.15. The van der Waals surface area contributed by atoms with Crippen molar-refractivity contribution in [2.45, 2.75) is 6.92 Å². The molecule has 3 aromatic rings. The van der Waals surface area contributed by atoms with E-state index in [2.05, 4.69) is 20.3 Å². The molecule has 7 heteroatoms. The number of halogens is 1. The Morgan fingerprint density at radius 1 is 1.25 bits per heavy atom. The zero-order valence-electron chi connectivity index (χ0n) is 13.0. The van der Waals surface area contributed by atoms with E-state index < -0.39 is 12.6 Å². The van der Waals surface area contributed by atoms with Crippen LogP contribution in [-0.2, 0) is 0 Å². The van der Waals surface area contributed by atoms with E-state index in [1.807, 2.05) is 6.07 Å². The number of pyridine rings is 1. The van der Waals surface area contributed by atoms with Gasteiger partial charge in [0.25, 0.3) is 5.91 Å². The molecule has 0 radical (unpaired) electrons. The van der Waals surface area contributed by atoms with Gasteiger partial charge in [0, 0.05) is 23.8 Å². The van der Waals surface area contributed by atoms with E-state index in [1.165, 1.54) is 12.4 Å². The van der Waals surface area contributed by atoms with Crippen LogP contribution in [0.3, 0.4) is 0 Å². The number of nitrogens with zero attached hydrogens (tertiary/aromatic N) is 3. The Hall–Kier alpha value is -3.09. The van der Waals surface area contributed by atoms with Crippen LogP contribution >= 0.6 is 0 Å². The van der Waals surface area contributed by atoms with E-state index in [1.54, 1.807) is 31.3 Å². The second-order valence-electron chi connectivity index (χ2n) is 5.08. The monoisotopic (exact) mass is 326 g/mol. The molecule has 1 aromatic carbocycles. The van der Waals surface area contributed by atoms with Gasteiger partial charge in [-0.1, -0.05) is 6.07 Å². The van der Waals surface area contributed by atoms with Crippen molar-refractivity contribution in [3.05, 3.63) is 54.2 Å². The van der Waals surface area contributed by atoms with Gasteiger partial charge in [0.1, 0.15) is 24.7 Å². The summed E-state index contributed by atoms with van der Waals surface area (Å²) in [6.45, 7) is 1.14. The van der Waals surface area contributed by atoms with Crippen molar-refractivity contribution < 1.29 is 13.9 Å². The predicted molar refractivity (Wildman–Crippen MR) is 87.9 cm³/mol. The molecule has 0 aliphatic heterocycles. The van der Waals surface area contributed by atoms with E-state index in [0.717, 1.165) is 11.1 Å². The number of fused-ring (bicyclic) bond motifs is 1. The first-order chi connectivity index (χ1) is 11.7. The maximum Gasteiger partial charge on any atom is 0.275 e. The first-order valence-corrected chi connectivity index (χ1v) is 7.35. The zero-order chi connectivity index (χ0) is 16.9. The van der Waals surface area contributed by atoms with Gasteiger partial charge >= 0.3 is 0 Å². The second-order valence-corrected chi connectivity index (χ2v) is 5.08. The van der Waals surface area contributed by atoms with Gasteiger partial charge in [0.15, 0.2) is 0 Å². The molecular weight excluding hydrogens is 311 g/mol. The highest BCUT2D eigenvalue weighted by Crippen LogP contribution is 2.28. The van der Waals surface area contributed by atoms with Gasteiger partial charge in [-0.15, -0.1) is 0 Å². The molecule has 0 aliphatic rings. The molecule has 122 valence electrons. The summed E-state index contributed by atoms with van der Waals surface area (Å²) in [4.78, 5) is 24.7. The summed E-state index contributed by atoms with van der Waals surface area (Å²) in [5.41, 5.74) is 1.99. The van der Waals surface area contributed by atoms with Crippen molar-refractivity contribution in [2.24, 2.45) is 0 Å². The van der Waals surface area contributed by atoms with E-state index >= 15 is 0 Å². The second kappa shape index (κ2) is 6.99. The number of rotatable bonds is 5. The van der Waals surface area contributed by atoms with Gasteiger partial charge in [-0.25, -0.2) is 9.37 Å². The van der Waals surface area contributed by atoms with E-state index in [4.69, 9.17) is 4.74 Å². The quantitative estimate of drug-likeness (QED) is 0.780. The maximum atomic E-state index is 12.4. The van der Waals surface area contributed by atoms with E-state index in [-0.39, 0.29) is 12.3 Å². The molecule has 1 amide bonds. The summed E-state index contributed by atoms with van der Waals surface area (Å²) in [6, 6.07) is 6.98. The predicted octanol–water partition coefficient (Wildman–Crippen LogP) is 2.93. The Morgan fingerprint density at radius 2 is 2.12 bits per heavy atom. The SMILES string of the molecule is Cc1cnc(C(=O)Nc2cc(OCCF)cc3cccnc23)cn1. The Balaban J connectivity index is 1.94. The topological polar surface area (TPSA) is 77.0 Å². The molecule has 0 atom stereocenters. The number of carbonyl (C=O) groups excluding carboxylic acids is 1. The van der Waals surface area contributed by atoms with Gasteiger partial charge in [0.2, 0.25) is 0 Å². The van der Waals surface area contributed by atoms with E-state index in [0.29, 0.717) is 17.0 Å². The number of hydrogen-bond acceptors (Lipinski definition) is 5. The van der Waals surface area contributed by atoms with Crippen molar-refractivity contribution in [1.29, 1.82) is 0 Å². The van der Waals surface area contributed by atoms with Crippen LogP contribution in [0.25, 0.3) is 10.9 Å². The van der Waals surface area contributed by atoms with Crippen LogP contribution in [0, 0.1) is 6.92 Å². The van der Waals surface area contributed by atoms with Crippen molar-refractivity contribution in [3.63, 3.8) is 0 Å². The van der Waals surface area contributed by atoms with Gasteiger partial charge in [-0.3, -0.25) is 14.8 Å². The zero-order valence-corrected chi connectivity index (χ0v) is 13.0. The molecule has 0 bridgehead atoms. The summed E-state index contributed by atoms with van der Waals surface area (Å²) in [5, 5.41) is 3.54. The molecule has 0 unspecified atom stereocenters. The Labute approximate surface area is 137 Å². The standard InChI is InChI=1S/C17H15FN4O2/c1-11-9-21-15(10-20-11)17(23)22-14-8-13(24-6-4-18)7-12-3-2-5-19-16(12)14/h2-3,5,7-10H,4,6H2,1H3,(H,22,23). The molecule has 1 N–H and O–H groups in total. The van der Waals surface area contributed by atoms with Crippen LogP contribution in [0.2, 0.25) is 0 Å². The summed E-state index contributed by atoms with van der Waals surface area (Å²) in [6.07, 6.45) is 4.56. The highest BCUT2D eigenvalue weighted by molar-refractivity contribution is 6.07. The van der Waals surface area contributed by atoms with Crippen LogP contribution in [0.1, 0.15) is 16.2 Å². The van der Waals surface area contributed by atoms with Gasteiger partial charge in [-0.05, 0) is 19.1 Å². The number of ether oxygens (including phenoxy) is 1. The molecule has 0 spiro atoms. The molecule has 2 heterocycles. The molecule has 6 nitrogen and oxygen atoms in total. The van der Waals surface area contributed by atoms with Crippen LogP contribution < -0.4 is 10.1 Å². The van der Waals surface area contributed by atoms with Crippen molar-refractivity contribution >= 4 is 22.5 Å². The lowest BCUT2D eigenvalue weighted by Gasteiger charge is -2.11. The normalized spacial score (nSPS) is 10.6. The Kier molecular flexibility index (Phi) is 4.60. The third-order valence-corrected chi connectivity index (χ3v) is 3.29. The number of anilines is 1. The van der Waals surface area contributed by atoms with Crippen LogP contribution in [0.5, 0.6) is 5.75 Å². The molecule has 0 fully saturated rings.